The van der Waals surface area contributed by atoms with Crippen molar-refractivity contribution in [2.75, 3.05) is 23.4 Å². The van der Waals surface area contributed by atoms with Crippen molar-refractivity contribution < 1.29 is 33.0 Å². The second-order valence-electron chi connectivity index (χ2n) is 8.86. The van der Waals surface area contributed by atoms with E-state index in [1.165, 1.54) is 30.3 Å². The first-order chi connectivity index (χ1) is 17.4. The molecule has 11 heteroatoms. The summed E-state index contributed by atoms with van der Waals surface area (Å²) in [7, 11) is 0. The van der Waals surface area contributed by atoms with Gasteiger partial charge in [-0.2, -0.15) is 0 Å². The minimum Gasteiger partial charge on any atom is -0.393 e. The molecule has 3 N–H and O–H groups in total. The summed E-state index contributed by atoms with van der Waals surface area (Å²) in [5.41, 5.74) is -5.27. The van der Waals surface area contributed by atoms with Crippen LogP contribution in [0.25, 0.3) is 0 Å². The molecule has 0 aromatic heterocycles. The van der Waals surface area contributed by atoms with Crippen LogP contribution in [0.1, 0.15) is 39.6 Å². The molecule has 2 atom stereocenters. The molecule has 0 spiro atoms. The number of nitrogens with zero attached hydrogens (tertiary/aromatic N) is 1. The van der Waals surface area contributed by atoms with Crippen molar-refractivity contribution in [3.05, 3.63) is 93.0 Å². The highest BCUT2D eigenvalue weighted by atomic mass is 35.5. The van der Waals surface area contributed by atoms with Crippen LogP contribution in [0.5, 0.6) is 0 Å². The number of carbonyl (C=O) groups is 2. The first-order valence-electron chi connectivity index (χ1n) is 11.1. The highest BCUT2D eigenvalue weighted by molar-refractivity contribution is 6.34. The van der Waals surface area contributed by atoms with E-state index in [1.54, 1.807) is 0 Å². The van der Waals surface area contributed by atoms with E-state index in [9.17, 15) is 28.6 Å². The third-order valence-corrected chi connectivity index (χ3v) is 7.04. The van der Waals surface area contributed by atoms with Crippen molar-refractivity contribution in [2.45, 2.75) is 24.6 Å². The largest absolute Gasteiger partial charge is 0.393 e. The third-order valence-electron chi connectivity index (χ3n) is 6.47. The summed E-state index contributed by atoms with van der Waals surface area (Å²) in [6.07, 6.45) is -0.340. The Balaban J connectivity index is 1.66. The zero-order valence-corrected chi connectivity index (χ0v) is 20.9. The summed E-state index contributed by atoms with van der Waals surface area (Å²) in [4.78, 5) is 27.0. The molecule has 0 saturated heterocycles. The van der Waals surface area contributed by atoms with Crippen molar-refractivity contribution >= 4 is 46.4 Å². The maximum Gasteiger partial charge on any atom is 0.258 e. The van der Waals surface area contributed by atoms with Gasteiger partial charge in [0.15, 0.2) is 0 Å². The lowest BCUT2D eigenvalue weighted by molar-refractivity contribution is -0.130. The Morgan fingerprint density at radius 2 is 1.81 bits per heavy atom. The number of aliphatic hydroxyl groups is 2. The number of aliphatic hydroxyl groups excluding tert-OH is 1. The first-order valence-corrected chi connectivity index (χ1v) is 11.8. The number of alkyl halides is 1. The first kappa shape index (κ1) is 26.9. The zero-order chi connectivity index (χ0) is 27.1. The van der Waals surface area contributed by atoms with Gasteiger partial charge in [0.05, 0.1) is 28.6 Å². The highest BCUT2D eigenvalue weighted by Crippen LogP contribution is 2.46. The molecule has 0 bridgehead atoms. The Morgan fingerprint density at radius 1 is 1.08 bits per heavy atom. The molecule has 4 rings (SSSR count). The average molecular weight is 553 g/mol. The Morgan fingerprint density at radius 3 is 2.49 bits per heavy atom. The summed E-state index contributed by atoms with van der Waals surface area (Å²) in [6.45, 7) is -0.0431. The van der Waals surface area contributed by atoms with Gasteiger partial charge in [-0.05, 0) is 61.5 Å². The number of amides is 2. The number of rotatable bonds is 4. The summed E-state index contributed by atoms with van der Waals surface area (Å²) in [6, 6.07) is 10.6. The van der Waals surface area contributed by atoms with Gasteiger partial charge in [-0.15, -0.1) is 0 Å². The van der Waals surface area contributed by atoms with Gasteiger partial charge < -0.3 is 20.4 Å². The van der Waals surface area contributed by atoms with Crippen LogP contribution in [0.3, 0.4) is 0 Å². The zero-order valence-electron chi connectivity index (χ0n) is 19.4. The van der Waals surface area contributed by atoms with Crippen LogP contribution < -0.4 is 10.2 Å². The standard InChI is InChI=1S/C26H21Cl2F3N2O4/c1-25(31)8-9-33(22-7-3-15(27)11-18(22)26(25,37)13-34)24(36)14-2-6-21(20(30)10-14)32-23(35)17-12-16(29)4-5-19(17)28/h2-7,10-12,34,37H,8-9,13H2,1H3,(H,32,35)/t25?,26-/m0/s1. The maximum atomic E-state index is 15.5. The minimum atomic E-state index is -2.35. The number of hydrogen-bond donors (Lipinski definition) is 3. The van der Waals surface area contributed by atoms with Gasteiger partial charge in [-0.25, -0.2) is 13.2 Å². The van der Waals surface area contributed by atoms with E-state index < -0.39 is 41.3 Å². The third kappa shape index (κ3) is 4.92. The van der Waals surface area contributed by atoms with Gasteiger partial charge in [0.1, 0.15) is 22.9 Å². The lowest BCUT2D eigenvalue weighted by Gasteiger charge is -2.37. The van der Waals surface area contributed by atoms with Crippen molar-refractivity contribution in [2.24, 2.45) is 0 Å². The molecule has 3 aromatic carbocycles. The van der Waals surface area contributed by atoms with Crippen LogP contribution >= 0.6 is 23.2 Å². The van der Waals surface area contributed by atoms with E-state index in [0.29, 0.717) is 0 Å². The number of halogens is 5. The lowest BCUT2D eigenvalue weighted by atomic mass is 9.79. The Kier molecular flexibility index (Phi) is 7.27. The van der Waals surface area contributed by atoms with E-state index in [1.807, 2.05) is 0 Å². The molecule has 6 nitrogen and oxygen atoms in total. The number of hydrogen-bond acceptors (Lipinski definition) is 4. The topological polar surface area (TPSA) is 89.9 Å². The Labute approximate surface area is 220 Å². The number of anilines is 2. The van der Waals surface area contributed by atoms with Gasteiger partial charge in [0.25, 0.3) is 11.8 Å². The second-order valence-corrected chi connectivity index (χ2v) is 9.70. The molecule has 3 aromatic rings. The van der Waals surface area contributed by atoms with Gasteiger partial charge in [0, 0.05) is 29.1 Å². The molecular weight excluding hydrogens is 532 g/mol. The smallest absolute Gasteiger partial charge is 0.258 e. The fourth-order valence-electron chi connectivity index (χ4n) is 4.23. The fraction of sp³-hybridized carbons (Fsp3) is 0.231. The summed E-state index contributed by atoms with van der Waals surface area (Å²) < 4.78 is 44.0. The van der Waals surface area contributed by atoms with Crippen LogP contribution in [0, 0.1) is 11.6 Å². The molecule has 194 valence electrons. The molecule has 0 saturated carbocycles. The van der Waals surface area contributed by atoms with Gasteiger partial charge in [-0.3, -0.25) is 9.59 Å². The number of fused-ring (bicyclic) bond motifs is 1. The van der Waals surface area contributed by atoms with Crippen molar-refractivity contribution in [1.29, 1.82) is 0 Å². The molecule has 2 amide bonds. The molecule has 0 aliphatic carbocycles. The fourth-order valence-corrected chi connectivity index (χ4v) is 4.61. The highest BCUT2D eigenvalue weighted by Gasteiger charge is 2.52. The van der Waals surface area contributed by atoms with Crippen LogP contribution in [0.2, 0.25) is 10.0 Å². The monoisotopic (exact) mass is 552 g/mol. The van der Waals surface area contributed by atoms with E-state index in [0.717, 1.165) is 36.1 Å². The molecule has 1 aliphatic rings. The van der Waals surface area contributed by atoms with Crippen LogP contribution in [-0.2, 0) is 5.60 Å². The van der Waals surface area contributed by atoms with Gasteiger partial charge in [0.2, 0.25) is 0 Å². The lowest BCUT2D eigenvalue weighted by Crippen LogP contribution is -2.49. The van der Waals surface area contributed by atoms with Crippen molar-refractivity contribution in [3.8, 4) is 0 Å². The van der Waals surface area contributed by atoms with Crippen LogP contribution in [0.4, 0.5) is 24.5 Å². The summed E-state index contributed by atoms with van der Waals surface area (Å²) >= 11 is 12.0. The van der Waals surface area contributed by atoms with Crippen LogP contribution in [0.15, 0.2) is 54.6 Å². The SMILES string of the molecule is CC1(F)CCN(C(=O)c2ccc(NC(=O)c3cc(F)ccc3Cl)c(F)c2)c2ccc(Cl)cc2[C@@]1(O)CO. The molecule has 1 aliphatic heterocycles. The molecule has 1 unspecified atom stereocenters. The Hall–Kier alpha value is -3.11. The minimum absolute atomic E-state index is 0.0336. The molecule has 0 radical (unpaired) electrons. The number of nitrogens with one attached hydrogen (secondary N) is 1. The van der Waals surface area contributed by atoms with E-state index in [2.05, 4.69) is 5.32 Å². The molecular formula is C26H21Cl2F3N2O4. The predicted molar refractivity (Wildman–Crippen MR) is 134 cm³/mol. The van der Waals surface area contributed by atoms with Gasteiger partial charge >= 0.3 is 0 Å². The van der Waals surface area contributed by atoms with E-state index >= 15 is 4.39 Å². The molecule has 0 fully saturated rings. The summed E-state index contributed by atoms with van der Waals surface area (Å²) in [5.74, 6) is -3.23. The number of carbonyl (C=O) groups excluding carboxylic acids is 2. The Bertz CT molecular complexity index is 1400. The van der Waals surface area contributed by atoms with Crippen molar-refractivity contribution in [1.82, 2.24) is 0 Å². The van der Waals surface area contributed by atoms with E-state index in [-0.39, 0.29) is 51.1 Å². The molecule has 1 heterocycles. The average Bonchev–Trinajstić information content (AvgIpc) is 2.94. The van der Waals surface area contributed by atoms with Crippen molar-refractivity contribution in [3.63, 3.8) is 0 Å². The predicted octanol–water partition coefficient (Wildman–Crippen LogP) is 5.48. The maximum absolute atomic E-state index is 15.5. The number of benzene rings is 3. The normalized spacial score (nSPS) is 21.2. The van der Waals surface area contributed by atoms with Crippen LogP contribution in [-0.4, -0.2) is 40.8 Å². The van der Waals surface area contributed by atoms with Gasteiger partial charge in [-0.1, -0.05) is 23.2 Å². The van der Waals surface area contributed by atoms with E-state index in [4.69, 9.17) is 23.2 Å². The summed E-state index contributed by atoms with van der Waals surface area (Å²) in [5, 5.41) is 23.4. The second kappa shape index (κ2) is 9.98. The molecule has 37 heavy (non-hydrogen) atoms. The quantitative estimate of drug-likeness (QED) is 0.399.